The Morgan fingerprint density at radius 2 is 1.86 bits per heavy atom. The van der Waals surface area contributed by atoms with Gasteiger partial charge in [0.15, 0.2) is 12.4 Å². The number of ether oxygens (including phenoxy) is 2. The average molecular weight is 389 g/mol. The highest BCUT2D eigenvalue weighted by Gasteiger charge is 2.20. The summed E-state index contributed by atoms with van der Waals surface area (Å²) in [7, 11) is 1.60. The van der Waals surface area contributed by atoms with Crippen LogP contribution in [0.1, 0.15) is 21.8 Å². The molecule has 0 aliphatic rings. The van der Waals surface area contributed by atoms with Gasteiger partial charge in [-0.05, 0) is 43.3 Å². The molecule has 2 aromatic carbocycles. The van der Waals surface area contributed by atoms with Crippen LogP contribution in [0.2, 0.25) is 0 Å². The molecule has 7 heteroatoms. The molecule has 0 saturated heterocycles. The summed E-state index contributed by atoms with van der Waals surface area (Å²) in [6.45, 7) is 1.80. The SMILES string of the molecule is COc1ccc(-c2nn(-c3ccccc3)cc2C(=O)OCc2cc(C)no2)cc1. The summed E-state index contributed by atoms with van der Waals surface area (Å²) in [5.41, 5.74) is 3.23. The van der Waals surface area contributed by atoms with E-state index >= 15 is 0 Å². The molecule has 29 heavy (non-hydrogen) atoms. The third kappa shape index (κ3) is 4.03. The van der Waals surface area contributed by atoms with Crippen molar-refractivity contribution in [2.75, 3.05) is 7.11 Å². The Balaban J connectivity index is 1.67. The Morgan fingerprint density at radius 3 is 2.52 bits per heavy atom. The van der Waals surface area contributed by atoms with Crippen LogP contribution in [0, 0.1) is 6.92 Å². The number of aromatic nitrogens is 3. The van der Waals surface area contributed by atoms with Crippen molar-refractivity contribution in [1.82, 2.24) is 14.9 Å². The van der Waals surface area contributed by atoms with E-state index < -0.39 is 5.97 Å². The van der Waals surface area contributed by atoms with Crippen molar-refractivity contribution in [1.29, 1.82) is 0 Å². The molecule has 0 saturated carbocycles. The van der Waals surface area contributed by atoms with Gasteiger partial charge in [-0.3, -0.25) is 0 Å². The lowest BCUT2D eigenvalue weighted by atomic mass is 10.1. The molecule has 0 unspecified atom stereocenters. The van der Waals surface area contributed by atoms with Crippen molar-refractivity contribution >= 4 is 5.97 Å². The minimum atomic E-state index is -0.493. The first-order valence-electron chi connectivity index (χ1n) is 9.03. The number of benzene rings is 2. The fourth-order valence-electron chi connectivity index (χ4n) is 2.90. The van der Waals surface area contributed by atoms with Crippen LogP contribution in [0.3, 0.4) is 0 Å². The van der Waals surface area contributed by atoms with E-state index in [-0.39, 0.29) is 6.61 Å². The molecule has 2 heterocycles. The summed E-state index contributed by atoms with van der Waals surface area (Å²) in [6.07, 6.45) is 1.67. The maximum Gasteiger partial charge on any atom is 0.342 e. The van der Waals surface area contributed by atoms with Crippen molar-refractivity contribution in [2.24, 2.45) is 0 Å². The van der Waals surface area contributed by atoms with E-state index in [2.05, 4.69) is 10.3 Å². The minimum Gasteiger partial charge on any atom is -0.497 e. The number of para-hydroxylation sites is 1. The normalized spacial score (nSPS) is 10.7. The third-order valence-electron chi connectivity index (χ3n) is 4.34. The van der Waals surface area contributed by atoms with Gasteiger partial charge in [0, 0.05) is 17.8 Å². The number of carbonyl (C=O) groups is 1. The Bertz CT molecular complexity index is 1110. The fraction of sp³-hybridized carbons (Fsp3) is 0.136. The molecule has 4 aromatic rings. The zero-order valence-corrected chi connectivity index (χ0v) is 16.0. The number of esters is 1. The van der Waals surface area contributed by atoms with E-state index in [4.69, 9.17) is 14.0 Å². The van der Waals surface area contributed by atoms with Crippen LogP contribution in [0.4, 0.5) is 0 Å². The largest absolute Gasteiger partial charge is 0.497 e. The van der Waals surface area contributed by atoms with E-state index in [9.17, 15) is 4.79 Å². The number of aryl methyl sites for hydroxylation is 1. The number of carbonyl (C=O) groups excluding carboxylic acids is 1. The van der Waals surface area contributed by atoms with Crippen LogP contribution in [-0.2, 0) is 11.3 Å². The predicted octanol–water partition coefficient (Wildman–Crippen LogP) is 4.20. The van der Waals surface area contributed by atoms with E-state index in [1.807, 2.05) is 54.6 Å². The van der Waals surface area contributed by atoms with Gasteiger partial charge in [0.05, 0.1) is 18.5 Å². The lowest BCUT2D eigenvalue weighted by molar-refractivity contribution is 0.0438. The molecule has 0 bridgehead atoms. The fourth-order valence-corrected chi connectivity index (χ4v) is 2.90. The van der Waals surface area contributed by atoms with E-state index in [0.29, 0.717) is 17.0 Å². The van der Waals surface area contributed by atoms with Crippen molar-refractivity contribution in [2.45, 2.75) is 13.5 Å². The molecule has 0 radical (unpaired) electrons. The maximum atomic E-state index is 12.8. The first-order chi connectivity index (χ1) is 14.1. The van der Waals surface area contributed by atoms with Crippen LogP contribution in [0.15, 0.2) is 71.4 Å². The second-order valence-electron chi connectivity index (χ2n) is 6.41. The highest BCUT2D eigenvalue weighted by atomic mass is 16.5. The van der Waals surface area contributed by atoms with Gasteiger partial charge in [0.1, 0.15) is 17.0 Å². The van der Waals surface area contributed by atoms with E-state index in [1.165, 1.54) is 0 Å². The second-order valence-corrected chi connectivity index (χ2v) is 6.41. The summed E-state index contributed by atoms with van der Waals surface area (Å²) in [5, 5.41) is 8.42. The molecular formula is C22H19N3O4. The number of rotatable bonds is 6. The lowest BCUT2D eigenvalue weighted by Gasteiger charge is -2.04. The number of methoxy groups -OCH3 is 1. The summed E-state index contributed by atoms with van der Waals surface area (Å²) in [5.74, 6) is 0.713. The molecule has 0 spiro atoms. The summed E-state index contributed by atoms with van der Waals surface area (Å²) in [6, 6.07) is 18.7. The monoisotopic (exact) mass is 389 g/mol. The Hall–Kier alpha value is -3.87. The number of nitrogens with zero attached hydrogens (tertiary/aromatic N) is 3. The van der Waals surface area contributed by atoms with Crippen LogP contribution < -0.4 is 4.74 Å². The Morgan fingerprint density at radius 1 is 1.10 bits per heavy atom. The quantitative estimate of drug-likeness (QED) is 0.460. The standard InChI is InChI=1S/C22H19N3O4/c1-15-12-19(29-24-15)14-28-22(26)20-13-25(17-6-4-3-5-7-17)23-21(20)16-8-10-18(27-2)11-9-16/h3-13H,14H2,1-2H3. The van der Waals surface area contributed by atoms with Gasteiger partial charge in [0.2, 0.25) is 0 Å². The van der Waals surface area contributed by atoms with Crippen LogP contribution in [0.25, 0.3) is 16.9 Å². The predicted molar refractivity (Wildman–Crippen MR) is 106 cm³/mol. The Labute approximate surface area is 167 Å². The molecule has 4 rings (SSSR count). The molecule has 0 fully saturated rings. The first-order valence-corrected chi connectivity index (χ1v) is 9.03. The van der Waals surface area contributed by atoms with Crippen molar-refractivity contribution < 1.29 is 18.8 Å². The zero-order chi connectivity index (χ0) is 20.2. The minimum absolute atomic E-state index is 0.00174. The van der Waals surface area contributed by atoms with Crippen LogP contribution >= 0.6 is 0 Å². The smallest absolute Gasteiger partial charge is 0.342 e. The van der Waals surface area contributed by atoms with Gasteiger partial charge in [0.25, 0.3) is 0 Å². The summed E-state index contributed by atoms with van der Waals surface area (Å²) in [4.78, 5) is 12.8. The number of hydrogen-bond acceptors (Lipinski definition) is 6. The molecule has 0 aliphatic carbocycles. The molecule has 0 amide bonds. The molecule has 0 N–H and O–H groups in total. The van der Waals surface area contributed by atoms with Gasteiger partial charge in [-0.25, -0.2) is 9.48 Å². The van der Waals surface area contributed by atoms with Gasteiger partial charge < -0.3 is 14.0 Å². The molecule has 146 valence electrons. The average Bonchev–Trinajstić information content (AvgIpc) is 3.39. The summed E-state index contributed by atoms with van der Waals surface area (Å²) < 4.78 is 17.4. The molecular weight excluding hydrogens is 370 g/mol. The van der Waals surface area contributed by atoms with Gasteiger partial charge in [-0.2, -0.15) is 5.10 Å². The molecule has 7 nitrogen and oxygen atoms in total. The van der Waals surface area contributed by atoms with Crippen LogP contribution in [-0.4, -0.2) is 28.0 Å². The third-order valence-corrected chi connectivity index (χ3v) is 4.34. The van der Waals surface area contributed by atoms with Gasteiger partial charge in [-0.15, -0.1) is 0 Å². The topological polar surface area (TPSA) is 79.4 Å². The van der Waals surface area contributed by atoms with Gasteiger partial charge >= 0.3 is 5.97 Å². The van der Waals surface area contributed by atoms with Crippen molar-refractivity contribution in [3.8, 4) is 22.7 Å². The van der Waals surface area contributed by atoms with Crippen molar-refractivity contribution in [3.63, 3.8) is 0 Å². The molecule has 2 aromatic heterocycles. The van der Waals surface area contributed by atoms with Crippen LogP contribution in [0.5, 0.6) is 5.75 Å². The van der Waals surface area contributed by atoms with Gasteiger partial charge in [-0.1, -0.05) is 23.4 Å². The number of hydrogen-bond donors (Lipinski definition) is 0. The Kier molecular flexibility index (Phi) is 5.11. The summed E-state index contributed by atoms with van der Waals surface area (Å²) >= 11 is 0. The first kappa shape index (κ1) is 18.5. The van der Waals surface area contributed by atoms with E-state index in [0.717, 1.165) is 22.7 Å². The van der Waals surface area contributed by atoms with E-state index in [1.54, 1.807) is 31.0 Å². The molecule has 0 atom stereocenters. The maximum absolute atomic E-state index is 12.8. The molecule has 0 aliphatic heterocycles. The van der Waals surface area contributed by atoms with Crippen molar-refractivity contribution in [3.05, 3.63) is 83.9 Å². The second kappa shape index (κ2) is 8.02. The zero-order valence-electron chi connectivity index (χ0n) is 16.0. The highest BCUT2D eigenvalue weighted by Crippen LogP contribution is 2.26. The highest BCUT2D eigenvalue weighted by molar-refractivity contribution is 5.96. The lowest BCUT2D eigenvalue weighted by Crippen LogP contribution is -2.05.